The average Bonchev–Trinajstić information content (AvgIpc) is 2.67. The van der Waals surface area contributed by atoms with Gasteiger partial charge in [-0.1, -0.05) is 30.3 Å². The number of fused-ring (bicyclic) bond motifs is 2. The maximum absolute atomic E-state index is 12.8. The zero-order valence-electron chi connectivity index (χ0n) is 14.7. The summed E-state index contributed by atoms with van der Waals surface area (Å²) in [6, 6.07) is 19.9. The zero-order chi connectivity index (χ0) is 18.8. The van der Waals surface area contributed by atoms with Crippen molar-refractivity contribution in [2.45, 2.75) is 6.92 Å². The van der Waals surface area contributed by atoms with Crippen molar-refractivity contribution in [3.8, 4) is 5.75 Å². The first-order valence-corrected chi connectivity index (χ1v) is 8.65. The molecule has 3 aromatic carbocycles. The molecule has 0 bridgehead atoms. The van der Waals surface area contributed by atoms with Crippen LogP contribution >= 0.6 is 0 Å². The van der Waals surface area contributed by atoms with Gasteiger partial charge in [0.25, 0.3) is 5.91 Å². The van der Waals surface area contributed by atoms with E-state index in [1.165, 1.54) is 6.07 Å². The molecule has 0 fully saturated rings. The number of hydrogen-bond donors (Lipinski definition) is 1. The highest BCUT2D eigenvalue weighted by Crippen LogP contribution is 2.24. The number of rotatable bonds is 4. The van der Waals surface area contributed by atoms with Crippen LogP contribution in [0.1, 0.15) is 17.3 Å². The third kappa shape index (κ3) is 3.40. The molecule has 0 atom stereocenters. The summed E-state index contributed by atoms with van der Waals surface area (Å²) in [5, 5.41) is 5.52. The third-order valence-electron chi connectivity index (χ3n) is 4.28. The Bertz CT molecular complexity index is 1210. The molecule has 134 valence electrons. The largest absolute Gasteiger partial charge is 0.494 e. The van der Waals surface area contributed by atoms with E-state index >= 15 is 0 Å². The quantitative estimate of drug-likeness (QED) is 0.541. The number of benzene rings is 3. The lowest BCUT2D eigenvalue weighted by Crippen LogP contribution is -2.15. The molecule has 0 spiro atoms. The van der Waals surface area contributed by atoms with E-state index in [1.54, 1.807) is 18.2 Å². The van der Waals surface area contributed by atoms with E-state index in [2.05, 4.69) is 5.32 Å². The summed E-state index contributed by atoms with van der Waals surface area (Å²) < 4.78 is 10.7. The Morgan fingerprint density at radius 3 is 2.63 bits per heavy atom. The third-order valence-corrected chi connectivity index (χ3v) is 4.28. The van der Waals surface area contributed by atoms with Crippen molar-refractivity contribution in [3.05, 3.63) is 82.7 Å². The van der Waals surface area contributed by atoms with Crippen molar-refractivity contribution in [2.24, 2.45) is 0 Å². The first-order chi connectivity index (χ1) is 13.1. The van der Waals surface area contributed by atoms with Crippen molar-refractivity contribution in [3.63, 3.8) is 0 Å². The predicted octanol–water partition coefficient (Wildman–Crippen LogP) is 4.60. The fraction of sp³-hybridized carbons (Fsp3) is 0.0909. The lowest BCUT2D eigenvalue weighted by atomic mass is 10.1. The number of nitrogens with one attached hydrogen (secondary N) is 1. The van der Waals surface area contributed by atoms with Gasteiger partial charge in [-0.05, 0) is 42.0 Å². The molecule has 4 aromatic rings. The van der Waals surface area contributed by atoms with E-state index in [0.29, 0.717) is 29.0 Å². The van der Waals surface area contributed by atoms with Crippen molar-refractivity contribution in [2.75, 3.05) is 11.9 Å². The van der Waals surface area contributed by atoms with Gasteiger partial charge < -0.3 is 14.5 Å². The fourth-order valence-corrected chi connectivity index (χ4v) is 3.05. The number of carbonyl (C=O) groups is 1. The van der Waals surface area contributed by atoms with Gasteiger partial charge in [0.15, 0.2) is 0 Å². The molecule has 5 heteroatoms. The van der Waals surface area contributed by atoms with E-state index in [0.717, 1.165) is 10.8 Å². The number of carbonyl (C=O) groups excluding carboxylic acids is 1. The normalized spacial score (nSPS) is 10.9. The Morgan fingerprint density at radius 1 is 1.00 bits per heavy atom. The molecule has 1 N–H and O–H groups in total. The molecule has 0 unspecified atom stereocenters. The van der Waals surface area contributed by atoms with E-state index in [4.69, 9.17) is 9.15 Å². The highest BCUT2D eigenvalue weighted by Gasteiger charge is 2.14. The second-order valence-electron chi connectivity index (χ2n) is 6.09. The van der Waals surface area contributed by atoms with Crippen LogP contribution in [0.5, 0.6) is 5.75 Å². The Labute approximate surface area is 155 Å². The Kier molecular flexibility index (Phi) is 4.34. The SMILES string of the molecule is CCOc1ccc2c(C(=O)Nc3ccc4ccccc4c3)cc(=O)oc2c1. The van der Waals surface area contributed by atoms with Crippen LogP contribution in [-0.2, 0) is 0 Å². The van der Waals surface area contributed by atoms with Gasteiger partial charge in [0, 0.05) is 23.2 Å². The minimum Gasteiger partial charge on any atom is -0.494 e. The standard InChI is InChI=1S/C22H17NO4/c1-2-26-17-9-10-18-19(13-21(24)27-20(18)12-17)22(25)23-16-8-7-14-5-3-4-6-15(14)11-16/h3-13H,2H2,1H3,(H,23,25). The highest BCUT2D eigenvalue weighted by molar-refractivity contribution is 6.12. The van der Waals surface area contributed by atoms with Gasteiger partial charge in [-0.2, -0.15) is 0 Å². The van der Waals surface area contributed by atoms with Crippen LogP contribution in [0.25, 0.3) is 21.7 Å². The average molecular weight is 359 g/mol. The maximum atomic E-state index is 12.8. The molecule has 0 aliphatic carbocycles. The lowest BCUT2D eigenvalue weighted by Gasteiger charge is -2.09. The van der Waals surface area contributed by atoms with Crippen LogP contribution in [0, 0.1) is 0 Å². The van der Waals surface area contributed by atoms with Crippen LogP contribution in [-0.4, -0.2) is 12.5 Å². The van der Waals surface area contributed by atoms with Crippen molar-refractivity contribution >= 4 is 33.3 Å². The molecule has 1 heterocycles. The second-order valence-corrected chi connectivity index (χ2v) is 6.09. The van der Waals surface area contributed by atoms with Crippen LogP contribution in [0.2, 0.25) is 0 Å². The van der Waals surface area contributed by atoms with Crippen LogP contribution < -0.4 is 15.7 Å². The molecule has 0 aliphatic rings. The van der Waals surface area contributed by atoms with Gasteiger partial charge in [0.05, 0.1) is 12.2 Å². The zero-order valence-corrected chi connectivity index (χ0v) is 14.7. The monoisotopic (exact) mass is 359 g/mol. The minimum atomic E-state index is -0.584. The van der Waals surface area contributed by atoms with Crippen molar-refractivity contribution in [1.82, 2.24) is 0 Å². The van der Waals surface area contributed by atoms with Gasteiger partial charge >= 0.3 is 5.63 Å². The first-order valence-electron chi connectivity index (χ1n) is 8.65. The molecule has 0 saturated carbocycles. The number of amides is 1. The molecule has 0 radical (unpaired) electrons. The summed E-state index contributed by atoms with van der Waals surface area (Å²) in [5.74, 6) is 0.215. The van der Waals surface area contributed by atoms with Crippen LogP contribution in [0.15, 0.2) is 75.9 Å². The van der Waals surface area contributed by atoms with Gasteiger partial charge in [0.1, 0.15) is 11.3 Å². The summed E-state index contributed by atoms with van der Waals surface area (Å²) >= 11 is 0. The van der Waals surface area contributed by atoms with Crippen LogP contribution in [0.3, 0.4) is 0 Å². The summed E-state index contributed by atoms with van der Waals surface area (Å²) in [4.78, 5) is 24.7. The van der Waals surface area contributed by atoms with Gasteiger partial charge in [-0.15, -0.1) is 0 Å². The fourth-order valence-electron chi connectivity index (χ4n) is 3.05. The molecule has 0 saturated heterocycles. The molecule has 0 aliphatic heterocycles. The van der Waals surface area contributed by atoms with E-state index in [-0.39, 0.29) is 11.5 Å². The van der Waals surface area contributed by atoms with Gasteiger partial charge in [0.2, 0.25) is 0 Å². The van der Waals surface area contributed by atoms with E-state index < -0.39 is 5.63 Å². The number of ether oxygens (including phenoxy) is 1. The van der Waals surface area contributed by atoms with Gasteiger partial charge in [-0.25, -0.2) is 4.79 Å². The molecule has 1 amide bonds. The maximum Gasteiger partial charge on any atom is 0.337 e. The van der Waals surface area contributed by atoms with Gasteiger partial charge in [-0.3, -0.25) is 4.79 Å². The summed E-state index contributed by atoms with van der Waals surface area (Å²) in [6.07, 6.45) is 0. The summed E-state index contributed by atoms with van der Waals surface area (Å²) in [6.45, 7) is 2.37. The van der Waals surface area contributed by atoms with E-state index in [9.17, 15) is 9.59 Å². The molecular weight excluding hydrogens is 342 g/mol. The predicted molar refractivity (Wildman–Crippen MR) is 106 cm³/mol. The van der Waals surface area contributed by atoms with Crippen molar-refractivity contribution < 1.29 is 13.9 Å². The number of anilines is 1. The summed E-state index contributed by atoms with van der Waals surface area (Å²) in [7, 11) is 0. The molecular formula is C22H17NO4. The van der Waals surface area contributed by atoms with Crippen molar-refractivity contribution in [1.29, 1.82) is 0 Å². The van der Waals surface area contributed by atoms with E-state index in [1.807, 2.05) is 49.4 Å². The topological polar surface area (TPSA) is 68.5 Å². The molecule has 1 aromatic heterocycles. The lowest BCUT2D eigenvalue weighted by molar-refractivity contribution is 0.102. The number of hydrogen-bond acceptors (Lipinski definition) is 4. The Balaban J connectivity index is 1.71. The molecule has 5 nitrogen and oxygen atoms in total. The molecule has 4 rings (SSSR count). The Hall–Kier alpha value is -3.60. The molecule has 27 heavy (non-hydrogen) atoms. The summed E-state index contributed by atoms with van der Waals surface area (Å²) in [5.41, 5.74) is 0.653. The smallest absolute Gasteiger partial charge is 0.337 e. The first kappa shape index (κ1) is 16.8. The van der Waals surface area contributed by atoms with Crippen LogP contribution in [0.4, 0.5) is 5.69 Å². The minimum absolute atomic E-state index is 0.262. The highest BCUT2D eigenvalue weighted by atomic mass is 16.5. The Morgan fingerprint density at radius 2 is 1.81 bits per heavy atom. The second kappa shape index (κ2) is 6.96.